The minimum atomic E-state index is -2.98. The van der Waals surface area contributed by atoms with E-state index in [0.29, 0.717) is 0 Å². The van der Waals surface area contributed by atoms with Crippen molar-refractivity contribution >= 4 is 38.4 Å². The van der Waals surface area contributed by atoms with Crippen molar-refractivity contribution in [2.24, 2.45) is 4.99 Å². The molecule has 0 radical (unpaired) electrons. The SMILES string of the molecule is Cc1ccc(NC(=O)CSC2=N[C@@H]3CS(=O)(=O)C[C@H]3N2C)c(C)c1. The largest absolute Gasteiger partial charge is 0.348 e. The molecule has 2 heterocycles. The highest BCUT2D eigenvalue weighted by Crippen LogP contribution is 2.29. The Morgan fingerprint density at radius 2 is 2.12 bits per heavy atom. The number of hydrogen-bond acceptors (Lipinski definition) is 6. The molecule has 2 atom stereocenters. The summed E-state index contributed by atoms with van der Waals surface area (Å²) >= 11 is 1.35. The van der Waals surface area contributed by atoms with Gasteiger partial charge in [-0.05, 0) is 25.5 Å². The lowest BCUT2D eigenvalue weighted by atomic mass is 10.1. The molecule has 8 heteroatoms. The minimum absolute atomic E-state index is 0.0834. The zero-order valence-electron chi connectivity index (χ0n) is 13.9. The molecule has 2 aliphatic heterocycles. The summed E-state index contributed by atoms with van der Waals surface area (Å²) in [5.74, 6) is 0.424. The molecule has 0 spiro atoms. The smallest absolute Gasteiger partial charge is 0.234 e. The Kier molecular flexibility index (Phi) is 4.61. The molecule has 1 fully saturated rings. The molecule has 3 rings (SSSR count). The van der Waals surface area contributed by atoms with Gasteiger partial charge in [-0.25, -0.2) is 8.42 Å². The summed E-state index contributed by atoms with van der Waals surface area (Å²) in [5, 5.41) is 3.66. The first-order valence-electron chi connectivity index (χ1n) is 7.76. The number of rotatable bonds is 3. The number of aliphatic imine (C=N–C) groups is 1. The first-order valence-corrected chi connectivity index (χ1v) is 10.6. The highest BCUT2D eigenvalue weighted by molar-refractivity contribution is 8.14. The van der Waals surface area contributed by atoms with Gasteiger partial charge in [0.1, 0.15) is 0 Å². The molecule has 0 saturated carbocycles. The molecule has 0 bridgehead atoms. The fourth-order valence-corrected chi connectivity index (χ4v) is 5.89. The Hall–Kier alpha value is -1.54. The zero-order valence-corrected chi connectivity index (χ0v) is 15.6. The van der Waals surface area contributed by atoms with Crippen molar-refractivity contribution in [3.63, 3.8) is 0 Å². The summed E-state index contributed by atoms with van der Waals surface area (Å²) < 4.78 is 23.3. The van der Waals surface area contributed by atoms with Crippen molar-refractivity contribution in [1.82, 2.24) is 4.90 Å². The van der Waals surface area contributed by atoms with Crippen LogP contribution in [0.4, 0.5) is 5.69 Å². The predicted molar refractivity (Wildman–Crippen MR) is 98.4 cm³/mol. The van der Waals surface area contributed by atoms with E-state index < -0.39 is 9.84 Å². The fraction of sp³-hybridized carbons (Fsp3) is 0.500. The third kappa shape index (κ3) is 3.59. The number of benzene rings is 1. The average molecular weight is 367 g/mol. The molecule has 24 heavy (non-hydrogen) atoms. The van der Waals surface area contributed by atoms with Gasteiger partial charge in [0.2, 0.25) is 5.91 Å². The highest BCUT2D eigenvalue weighted by Gasteiger charge is 2.45. The lowest BCUT2D eigenvalue weighted by Gasteiger charge is -2.20. The van der Waals surface area contributed by atoms with E-state index >= 15 is 0 Å². The second-order valence-corrected chi connectivity index (χ2v) is 9.49. The highest BCUT2D eigenvalue weighted by atomic mass is 32.2. The minimum Gasteiger partial charge on any atom is -0.348 e. The standard InChI is InChI=1S/C16H21N3O3S2/c1-10-4-5-12(11(2)6-10)17-15(20)7-23-16-18-13-8-24(21,22)9-14(13)19(16)3/h4-6,13-14H,7-9H2,1-3H3,(H,17,20)/t13-,14-/m1/s1. The van der Waals surface area contributed by atoms with Crippen LogP contribution in [0.3, 0.4) is 0 Å². The number of thioether (sulfide) groups is 1. The Bertz CT molecular complexity index is 805. The number of aryl methyl sites for hydroxylation is 2. The van der Waals surface area contributed by atoms with Crippen LogP contribution in [0.1, 0.15) is 11.1 Å². The van der Waals surface area contributed by atoms with Crippen LogP contribution < -0.4 is 5.32 Å². The third-order valence-electron chi connectivity index (χ3n) is 4.36. The Morgan fingerprint density at radius 1 is 1.38 bits per heavy atom. The van der Waals surface area contributed by atoms with Crippen LogP contribution in [0.2, 0.25) is 0 Å². The third-order valence-corrected chi connectivity index (χ3v) is 7.11. The Balaban J connectivity index is 1.57. The van der Waals surface area contributed by atoms with Crippen LogP contribution in [0.15, 0.2) is 23.2 Å². The molecule has 1 N–H and O–H groups in total. The molecule has 1 aromatic rings. The number of nitrogens with one attached hydrogen (secondary N) is 1. The molecule has 1 saturated heterocycles. The van der Waals surface area contributed by atoms with Crippen LogP contribution in [0, 0.1) is 13.8 Å². The van der Waals surface area contributed by atoms with Crippen molar-refractivity contribution in [3.8, 4) is 0 Å². The van der Waals surface area contributed by atoms with Gasteiger partial charge >= 0.3 is 0 Å². The van der Waals surface area contributed by atoms with Gasteiger partial charge in [0.15, 0.2) is 15.0 Å². The topological polar surface area (TPSA) is 78.8 Å². The van der Waals surface area contributed by atoms with Crippen molar-refractivity contribution in [1.29, 1.82) is 0 Å². The fourth-order valence-electron chi connectivity index (χ4n) is 3.09. The van der Waals surface area contributed by atoms with Gasteiger partial charge in [-0.2, -0.15) is 0 Å². The zero-order chi connectivity index (χ0) is 17.5. The number of hydrogen-bond donors (Lipinski definition) is 1. The van der Waals surface area contributed by atoms with Crippen molar-refractivity contribution in [2.45, 2.75) is 25.9 Å². The normalized spacial score (nSPS) is 24.6. The monoisotopic (exact) mass is 367 g/mol. The van der Waals surface area contributed by atoms with Gasteiger partial charge in [-0.3, -0.25) is 9.79 Å². The van der Waals surface area contributed by atoms with Crippen LogP contribution in [-0.4, -0.2) is 60.8 Å². The van der Waals surface area contributed by atoms with E-state index in [0.717, 1.165) is 22.0 Å². The number of likely N-dealkylation sites (N-methyl/N-ethyl adjacent to an activating group) is 1. The molecular weight excluding hydrogens is 346 g/mol. The van der Waals surface area contributed by atoms with E-state index in [2.05, 4.69) is 10.3 Å². The van der Waals surface area contributed by atoms with E-state index in [1.165, 1.54) is 11.8 Å². The van der Waals surface area contributed by atoms with Gasteiger partial charge in [0.25, 0.3) is 0 Å². The maximum absolute atomic E-state index is 12.2. The Morgan fingerprint density at radius 3 is 2.79 bits per heavy atom. The predicted octanol–water partition coefficient (Wildman–Crippen LogP) is 1.44. The molecule has 0 aliphatic carbocycles. The number of carbonyl (C=O) groups excluding carboxylic acids is 1. The van der Waals surface area contributed by atoms with Gasteiger partial charge in [-0.15, -0.1) is 0 Å². The number of anilines is 1. The number of nitrogens with zero attached hydrogens (tertiary/aromatic N) is 2. The number of carbonyl (C=O) groups is 1. The summed E-state index contributed by atoms with van der Waals surface area (Å²) in [7, 11) is -1.13. The van der Waals surface area contributed by atoms with Crippen LogP contribution in [0.25, 0.3) is 0 Å². The van der Waals surface area contributed by atoms with Gasteiger partial charge in [0.05, 0.1) is 29.3 Å². The average Bonchev–Trinajstić information content (AvgIpc) is 2.93. The second-order valence-electron chi connectivity index (χ2n) is 6.39. The summed E-state index contributed by atoms with van der Waals surface area (Å²) in [5.41, 5.74) is 3.00. The maximum Gasteiger partial charge on any atom is 0.234 e. The molecule has 2 aliphatic rings. The quantitative estimate of drug-likeness (QED) is 0.875. The molecule has 0 unspecified atom stereocenters. The number of amidine groups is 1. The molecular formula is C16H21N3O3S2. The van der Waals surface area contributed by atoms with E-state index in [1.807, 2.05) is 44.0 Å². The lowest BCUT2D eigenvalue weighted by molar-refractivity contribution is -0.113. The number of fused-ring (bicyclic) bond motifs is 1. The first-order chi connectivity index (χ1) is 11.2. The van der Waals surface area contributed by atoms with Crippen molar-refractivity contribution in [2.75, 3.05) is 29.6 Å². The molecule has 130 valence electrons. The van der Waals surface area contributed by atoms with E-state index in [1.54, 1.807) is 0 Å². The molecule has 6 nitrogen and oxygen atoms in total. The number of sulfone groups is 1. The van der Waals surface area contributed by atoms with Gasteiger partial charge in [-0.1, -0.05) is 29.5 Å². The number of amides is 1. The summed E-state index contributed by atoms with van der Waals surface area (Å²) in [6.07, 6.45) is 0. The summed E-state index contributed by atoms with van der Waals surface area (Å²) in [6, 6.07) is 5.62. The van der Waals surface area contributed by atoms with Crippen LogP contribution >= 0.6 is 11.8 Å². The van der Waals surface area contributed by atoms with E-state index in [4.69, 9.17) is 0 Å². The van der Waals surface area contributed by atoms with Crippen molar-refractivity contribution < 1.29 is 13.2 Å². The van der Waals surface area contributed by atoms with E-state index in [9.17, 15) is 13.2 Å². The van der Waals surface area contributed by atoms with Gasteiger partial charge < -0.3 is 10.2 Å². The van der Waals surface area contributed by atoms with Crippen LogP contribution in [-0.2, 0) is 14.6 Å². The maximum atomic E-state index is 12.2. The summed E-state index contributed by atoms with van der Waals surface area (Å²) in [4.78, 5) is 18.5. The van der Waals surface area contributed by atoms with Crippen LogP contribution in [0.5, 0.6) is 0 Å². The lowest BCUT2D eigenvalue weighted by Crippen LogP contribution is -2.35. The molecule has 0 aromatic heterocycles. The molecule has 1 amide bonds. The summed E-state index contributed by atoms with van der Waals surface area (Å²) in [6.45, 7) is 3.98. The van der Waals surface area contributed by atoms with Crippen molar-refractivity contribution in [3.05, 3.63) is 29.3 Å². The second kappa shape index (κ2) is 6.40. The van der Waals surface area contributed by atoms with E-state index in [-0.39, 0.29) is 35.2 Å². The Labute approximate surface area is 146 Å². The first kappa shape index (κ1) is 17.3. The molecule has 1 aromatic carbocycles. The van der Waals surface area contributed by atoms with Gasteiger partial charge in [0, 0.05) is 12.7 Å².